The number of aryl methyl sites for hydroxylation is 1. The second-order valence-corrected chi connectivity index (χ2v) is 7.30. The standard InChI is InChI=1S/C20H27N3O2/c1-16-2-3-19(25-16)14-22-9-6-18-13-23(10-11-24-20(18)15-22)12-17-4-7-21-8-5-17/h2-5,7-8,18,20H,6,9-15H2,1H3/t18-,20-/m0/s1. The average Bonchev–Trinajstić information content (AvgIpc) is 2.91. The lowest BCUT2D eigenvalue weighted by molar-refractivity contribution is -0.0256. The molecule has 134 valence electrons. The number of rotatable bonds is 4. The molecule has 0 spiro atoms. The van der Waals surface area contributed by atoms with Gasteiger partial charge < -0.3 is 9.15 Å². The smallest absolute Gasteiger partial charge is 0.118 e. The quantitative estimate of drug-likeness (QED) is 0.855. The molecule has 0 N–H and O–H groups in total. The highest BCUT2D eigenvalue weighted by molar-refractivity contribution is 5.09. The molecule has 2 saturated heterocycles. The zero-order valence-corrected chi connectivity index (χ0v) is 14.9. The summed E-state index contributed by atoms with van der Waals surface area (Å²) >= 11 is 0. The fourth-order valence-corrected chi connectivity index (χ4v) is 4.01. The molecule has 0 unspecified atom stereocenters. The summed E-state index contributed by atoms with van der Waals surface area (Å²) in [5.41, 5.74) is 1.33. The van der Waals surface area contributed by atoms with E-state index < -0.39 is 0 Å². The number of nitrogens with zero attached hydrogens (tertiary/aromatic N) is 3. The summed E-state index contributed by atoms with van der Waals surface area (Å²) in [4.78, 5) is 9.11. The Balaban J connectivity index is 1.34. The summed E-state index contributed by atoms with van der Waals surface area (Å²) in [7, 11) is 0. The summed E-state index contributed by atoms with van der Waals surface area (Å²) in [5.74, 6) is 2.67. The topological polar surface area (TPSA) is 41.7 Å². The van der Waals surface area contributed by atoms with Crippen molar-refractivity contribution in [1.82, 2.24) is 14.8 Å². The second-order valence-electron chi connectivity index (χ2n) is 7.30. The number of hydrogen-bond acceptors (Lipinski definition) is 5. The molecule has 25 heavy (non-hydrogen) atoms. The van der Waals surface area contributed by atoms with Gasteiger partial charge in [-0.05, 0) is 49.7 Å². The van der Waals surface area contributed by atoms with Crippen molar-refractivity contribution in [2.45, 2.75) is 32.5 Å². The molecular formula is C20H27N3O2. The van der Waals surface area contributed by atoms with Crippen molar-refractivity contribution < 1.29 is 9.15 Å². The van der Waals surface area contributed by atoms with Crippen LogP contribution in [0.15, 0.2) is 41.1 Å². The molecular weight excluding hydrogens is 314 g/mol. The van der Waals surface area contributed by atoms with Gasteiger partial charge in [-0.1, -0.05) is 0 Å². The summed E-state index contributed by atoms with van der Waals surface area (Å²) in [6.07, 6.45) is 5.28. The van der Waals surface area contributed by atoms with Gasteiger partial charge in [-0.25, -0.2) is 0 Å². The van der Waals surface area contributed by atoms with Crippen LogP contribution in [0.5, 0.6) is 0 Å². The first kappa shape index (κ1) is 16.8. The van der Waals surface area contributed by atoms with Gasteiger partial charge >= 0.3 is 0 Å². The van der Waals surface area contributed by atoms with Crippen LogP contribution >= 0.6 is 0 Å². The van der Waals surface area contributed by atoms with Crippen LogP contribution in [0.2, 0.25) is 0 Å². The fourth-order valence-electron chi connectivity index (χ4n) is 4.01. The molecule has 0 saturated carbocycles. The maximum absolute atomic E-state index is 6.22. The molecule has 4 rings (SSSR count). The first-order chi connectivity index (χ1) is 12.3. The molecule has 5 nitrogen and oxygen atoms in total. The Kier molecular flexibility index (Phi) is 5.15. The molecule has 0 aliphatic carbocycles. The maximum atomic E-state index is 6.22. The summed E-state index contributed by atoms with van der Waals surface area (Å²) in [6, 6.07) is 8.35. The number of pyridine rings is 1. The van der Waals surface area contributed by atoms with Crippen LogP contribution in [-0.4, -0.2) is 53.7 Å². The van der Waals surface area contributed by atoms with Gasteiger partial charge in [0.15, 0.2) is 0 Å². The minimum absolute atomic E-state index is 0.340. The van der Waals surface area contributed by atoms with E-state index in [-0.39, 0.29) is 0 Å². The van der Waals surface area contributed by atoms with Crippen molar-refractivity contribution in [3.63, 3.8) is 0 Å². The van der Waals surface area contributed by atoms with Gasteiger partial charge in [-0.2, -0.15) is 0 Å². The molecule has 2 aliphatic heterocycles. The molecule has 2 aromatic rings. The third-order valence-electron chi connectivity index (χ3n) is 5.34. The number of piperidine rings is 1. The lowest BCUT2D eigenvalue weighted by Gasteiger charge is -2.37. The maximum Gasteiger partial charge on any atom is 0.118 e. The molecule has 2 fully saturated rings. The Morgan fingerprint density at radius 3 is 2.68 bits per heavy atom. The molecule has 2 aliphatic rings. The van der Waals surface area contributed by atoms with Gasteiger partial charge in [0, 0.05) is 44.5 Å². The predicted molar refractivity (Wildman–Crippen MR) is 96.1 cm³/mol. The number of aromatic nitrogens is 1. The van der Waals surface area contributed by atoms with Crippen molar-refractivity contribution in [2.24, 2.45) is 5.92 Å². The van der Waals surface area contributed by atoms with Crippen molar-refractivity contribution >= 4 is 0 Å². The minimum Gasteiger partial charge on any atom is -0.465 e. The van der Waals surface area contributed by atoms with Gasteiger partial charge in [-0.3, -0.25) is 14.8 Å². The third kappa shape index (κ3) is 4.29. The van der Waals surface area contributed by atoms with Gasteiger partial charge in [0.05, 0.1) is 19.3 Å². The van der Waals surface area contributed by atoms with Crippen LogP contribution in [0, 0.1) is 12.8 Å². The minimum atomic E-state index is 0.340. The molecule has 0 bridgehead atoms. The summed E-state index contributed by atoms with van der Waals surface area (Å²) < 4.78 is 12.0. The van der Waals surface area contributed by atoms with E-state index in [0.717, 1.165) is 57.4 Å². The average molecular weight is 341 g/mol. The largest absolute Gasteiger partial charge is 0.465 e. The van der Waals surface area contributed by atoms with E-state index in [1.165, 1.54) is 12.0 Å². The summed E-state index contributed by atoms with van der Waals surface area (Å²) in [5, 5.41) is 0. The van der Waals surface area contributed by atoms with E-state index in [0.29, 0.717) is 12.0 Å². The summed E-state index contributed by atoms with van der Waals surface area (Å²) in [6.45, 7) is 8.96. The van der Waals surface area contributed by atoms with Crippen molar-refractivity contribution in [1.29, 1.82) is 0 Å². The Bertz CT molecular complexity index is 673. The number of ether oxygens (including phenoxy) is 1. The van der Waals surface area contributed by atoms with Crippen LogP contribution in [0.1, 0.15) is 23.5 Å². The van der Waals surface area contributed by atoms with Crippen LogP contribution in [-0.2, 0) is 17.8 Å². The molecule has 2 aromatic heterocycles. The molecule has 4 heterocycles. The van der Waals surface area contributed by atoms with Gasteiger partial charge in [0.25, 0.3) is 0 Å². The van der Waals surface area contributed by atoms with E-state index in [1.54, 1.807) is 0 Å². The number of fused-ring (bicyclic) bond motifs is 1. The second kappa shape index (κ2) is 7.68. The highest BCUT2D eigenvalue weighted by Gasteiger charge is 2.33. The van der Waals surface area contributed by atoms with Crippen molar-refractivity contribution in [3.8, 4) is 0 Å². The van der Waals surface area contributed by atoms with Crippen molar-refractivity contribution in [2.75, 3.05) is 32.8 Å². The molecule has 2 atom stereocenters. The Hall–Kier alpha value is -1.69. The first-order valence-corrected chi connectivity index (χ1v) is 9.27. The van der Waals surface area contributed by atoms with Gasteiger partial charge in [-0.15, -0.1) is 0 Å². The molecule has 0 amide bonds. The SMILES string of the molecule is Cc1ccc(CN2CC[C@H]3CN(Cc4ccncc4)CCO[C@H]3C2)o1. The Labute approximate surface area is 149 Å². The van der Waals surface area contributed by atoms with Gasteiger partial charge in [0.1, 0.15) is 11.5 Å². The number of hydrogen-bond donors (Lipinski definition) is 0. The van der Waals surface area contributed by atoms with Crippen LogP contribution in [0.4, 0.5) is 0 Å². The van der Waals surface area contributed by atoms with Crippen LogP contribution < -0.4 is 0 Å². The number of furan rings is 1. The highest BCUT2D eigenvalue weighted by atomic mass is 16.5. The zero-order valence-electron chi connectivity index (χ0n) is 14.9. The van der Waals surface area contributed by atoms with E-state index in [9.17, 15) is 0 Å². The van der Waals surface area contributed by atoms with Crippen molar-refractivity contribution in [3.05, 3.63) is 53.7 Å². The third-order valence-corrected chi connectivity index (χ3v) is 5.34. The monoisotopic (exact) mass is 341 g/mol. The first-order valence-electron chi connectivity index (χ1n) is 9.27. The normalized spacial score (nSPS) is 25.5. The van der Waals surface area contributed by atoms with Gasteiger partial charge in [0.2, 0.25) is 0 Å². The Morgan fingerprint density at radius 1 is 1.04 bits per heavy atom. The van der Waals surface area contributed by atoms with Crippen LogP contribution in [0.25, 0.3) is 0 Å². The number of likely N-dealkylation sites (tertiary alicyclic amines) is 1. The van der Waals surface area contributed by atoms with E-state index >= 15 is 0 Å². The van der Waals surface area contributed by atoms with E-state index in [2.05, 4.69) is 33.0 Å². The fraction of sp³-hybridized carbons (Fsp3) is 0.550. The zero-order chi connectivity index (χ0) is 17.1. The lowest BCUT2D eigenvalue weighted by atomic mass is 9.93. The van der Waals surface area contributed by atoms with Crippen LogP contribution in [0.3, 0.4) is 0 Å². The van der Waals surface area contributed by atoms with E-state index in [4.69, 9.17) is 9.15 Å². The predicted octanol–water partition coefficient (Wildman–Crippen LogP) is 2.71. The highest BCUT2D eigenvalue weighted by Crippen LogP contribution is 2.26. The molecule has 0 radical (unpaired) electrons. The lowest BCUT2D eigenvalue weighted by Crippen LogP contribution is -2.46. The molecule has 0 aromatic carbocycles. The Morgan fingerprint density at radius 2 is 1.88 bits per heavy atom. The van der Waals surface area contributed by atoms with E-state index in [1.807, 2.05) is 25.4 Å². The molecule has 5 heteroatoms.